The second-order valence-corrected chi connectivity index (χ2v) is 10.5. The number of tetrazole rings is 1. The van der Waals surface area contributed by atoms with Crippen LogP contribution in [0.5, 0.6) is 0 Å². The Morgan fingerprint density at radius 2 is 2.15 bits per heavy atom. The van der Waals surface area contributed by atoms with Gasteiger partial charge in [0.15, 0.2) is 10.8 Å². The van der Waals surface area contributed by atoms with Crippen LogP contribution in [0, 0.1) is 0 Å². The Morgan fingerprint density at radius 1 is 1.36 bits per heavy atom. The van der Waals surface area contributed by atoms with Gasteiger partial charge in [0.05, 0.1) is 0 Å². The van der Waals surface area contributed by atoms with Gasteiger partial charge in [0.1, 0.15) is 36.0 Å². The van der Waals surface area contributed by atoms with Crippen molar-refractivity contribution in [1.29, 1.82) is 0 Å². The summed E-state index contributed by atoms with van der Waals surface area (Å²) in [4.78, 5) is 70.1. The number of carboxylic acid groups (broad SMARTS) is 2. The minimum atomic E-state index is -1.32. The number of nitrogens with zero attached hydrogens (tertiary/aromatic N) is 7. The van der Waals surface area contributed by atoms with Gasteiger partial charge in [-0.3, -0.25) is 24.1 Å². The van der Waals surface area contributed by atoms with E-state index in [1.807, 2.05) is 0 Å². The molecule has 2 atom stereocenters. The number of aliphatic carboxylic acids is 2. The predicted molar refractivity (Wildman–Crippen MR) is 136 cm³/mol. The lowest BCUT2D eigenvalue weighted by Crippen LogP contribution is -2.71. The normalized spacial score (nSPS) is 18.7. The number of nitrogens with one attached hydrogen (secondary N) is 2. The van der Waals surface area contributed by atoms with E-state index >= 15 is 0 Å². The number of carbonyl (C=O) groups excluding carboxylic acids is 3. The zero-order chi connectivity index (χ0) is 28.1. The summed E-state index contributed by atoms with van der Waals surface area (Å²) in [6.45, 7) is 1.35. The highest BCUT2D eigenvalue weighted by molar-refractivity contribution is 8.01. The van der Waals surface area contributed by atoms with Crippen LogP contribution in [0.1, 0.15) is 12.6 Å². The molecular weight excluding hydrogens is 578 g/mol. The van der Waals surface area contributed by atoms with Crippen molar-refractivity contribution in [3.05, 3.63) is 22.3 Å². The summed E-state index contributed by atoms with van der Waals surface area (Å²) < 4.78 is 1.06. The quantitative estimate of drug-likeness (QED) is 0.0717. The molecule has 2 aromatic heterocycles. The van der Waals surface area contributed by atoms with Crippen molar-refractivity contribution in [2.75, 3.05) is 23.4 Å². The first kappa shape index (κ1) is 28.0. The minimum Gasteiger partial charge on any atom is -0.480 e. The average Bonchev–Trinajstić information content (AvgIpc) is 3.54. The first-order valence-electron chi connectivity index (χ1n) is 10.9. The third-order valence-corrected chi connectivity index (χ3v) is 8.28. The van der Waals surface area contributed by atoms with Crippen molar-refractivity contribution in [2.24, 2.45) is 5.16 Å². The molecule has 0 aromatic carbocycles. The molecule has 2 aromatic rings. The second kappa shape index (κ2) is 12.2. The lowest BCUT2D eigenvalue weighted by Gasteiger charge is -2.49. The van der Waals surface area contributed by atoms with Gasteiger partial charge in [-0.05, 0) is 22.9 Å². The molecule has 1 saturated heterocycles. The number of rotatable bonds is 13. The summed E-state index contributed by atoms with van der Waals surface area (Å²) in [6.07, 6.45) is 0.433. The number of anilines is 1. The van der Waals surface area contributed by atoms with E-state index < -0.39 is 41.7 Å². The molecule has 3 amide bonds. The number of β-lactam (4-membered cyclic amide) rings is 1. The molecule has 0 radical (unpaired) electrons. The molecule has 17 nitrogen and oxygen atoms in total. The van der Waals surface area contributed by atoms with Crippen molar-refractivity contribution < 1.29 is 39.0 Å². The maximum Gasteiger partial charge on any atom is 0.352 e. The fourth-order valence-corrected chi connectivity index (χ4v) is 6.53. The van der Waals surface area contributed by atoms with E-state index in [1.165, 1.54) is 17.1 Å². The van der Waals surface area contributed by atoms with Crippen LogP contribution < -0.4 is 10.6 Å². The Kier molecular flexibility index (Phi) is 8.76. The Morgan fingerprint density at radius 3 is 2.85 bits per heavy atom. The average molecular weight is 598 g/mol. The lowest BCUT2D eigenvalue weighted by atomic mass is 10.0. The molecule has 4 rings (SSSR count). The molecule has 1 unspecified atom stereocenters. The van der Waals surface area contributed by atoms with Crippen molar-refractivity contribution in [3.8, 4) is 0 Å². The molecule has 1 fully saturated rings. The summed E-state index contributed by atoms with van der Waals surface area (Å²) >= 11 is 3.35. The number of carbonyl (C=O) groups is 5. The smallest absolute Gasteiger partial charge is 0.352 e. The number of carboxylic acids is 2. The predicted octanol–water partition coefficient (Wildman–Crippen LogP) is -0.946. The summed E-state index contributed by atoms with van der Waals surface area (Å²) in [6, 6.07) is -1.04. The van der Waals surface area contributed by atoms with Crippen molar-refractivity contribution >= 4 is 75.9 Å². The Bertz CT molecular complexity index is 1370. The largest absolute Gasteiger partial charge is 0.480 e. The van der Waals surface area contributed by atoms with Gasteiger partial charge in [0, 0.05) is 16.9 Å². The van der Waals surface area contributed by atoms with Gasteiger partial charge >= 0.3 is 11.9 Å². The van der Waals surface area contributed by atoms with Crippen LogP contribution in [0.4, 0.5) is 5.13 Å². The van der Waals surface area contributed by atoms with Crippen molar-refractivity contribution in [1.82, 2.24) is 35.4 Å². The maximum absolute atomic E-state index is 13.0. The molecule has 0 spiro atoms. The van der Waals surface area contributed by atoms with E-state index in [-0.39, 0.29) is 45.5 Å². The molecule has 4 heterocycles. The van der Waals surface area contributed by atoms with Gasteiger partial charge in [0.25, 0.3) is 11.8 Å². The number of amides is 3. The van der Waals surface area contributed by atoms with Crippen molar-refractivity contribution in [2.45, 2.75) is 30.0 Å². The van der Waals surface area contributed by atoms with E-state index in [2.05, 4.69) is 36.3 Å². The fourth-order valence-electron chi connectivity index (χ4n) is 3.52. The summed E-state index contributed by atoms with van der Waals surface area (Å²) in [5.74, 6) is -3.55. The van der Waals surface area contributed by atoms with Gasteiger partial charge in [-0.2, -0.15) is 0 Å². The number of fused-ring (bicyclic) bond motifs is 1. The highest BCUT2D eigenvalue weighted by Crippen LogP contribution is 2.41. The first-order valence-corrected chi connectivity index (χ1v) is 13.8. The lowest BCUT2D eigenvalue weighted by molar-refractivity contribution is -0.150. The van der Waals surface area contributed by atoms with E-state index in [9.17, 15) is 29.1 Å². The van der Waals surface area contributed by atoms with E-state index in [4.69, 9.17) is 9.94 Å². The number of oxime groups is 1. The van der Waals surface area contributed by atoms with Gasteiger partial charge in [0.2, 0.25) is 11.6 Å². The Hall–Kier alpha value is -4.04. The minimum absolute atomic E-state index is 0.0916. The van der Waals surface area contributed by atoms with Crippen LogP contribution in [-0.2, 0) is 35.4 Å². The second-order valence-electron chi connectivity index (χ2n) is 7.58. The van der Waals surface area contributed by atoms with Crippen LogP contribution in [0.15, 0.2) is 27.0 Å². The molecule has 39 heavy (non-hydrogen) atoms. The number of aromatic nitrogens is 5. The summed E-state index contributed by atoms with van der Waals surface area (Å²) in [5, 5.41) is 39.6. The number of thiazole rings is 1. The van der Waals surface area contributed by atoms with Crippen molar-refractivity contribution in [3.63, 3.8) is 0 Å². The number of hydrogen-bond acceptors (Lipinski definition) is 14. The molecule has 20 heteroatoms. The highest BCUT2D eigenvalue weighted by atomic mass is 32.2. The topological polar surface area (TPSA) is 231 Å². The summed E-state index contributed by atoms with van der Waals surface area (Å²) in [7, 11) is 0. The van der Waals surface area contributed by atoms with Crippen LogP contribution in [0.3, 0.4) is 0 Å². The first-order chi connectivity index (χ1) is 18.7. The third-order valence-electron chi connectivity index (χ3n) is 5.13. The van der Waals surface area contributed by atoms with Gasteiger partial charge in [-0.25, -0.2) is 14.5 Å². The fraction of sp³-hybridized carbons (Fsp3) is 0.368. The van der Waals surface area contributed by atoms with Gasteiger partial charge < -0.3 is 25.7 Å². The zero-order valence-electron chi connectivity index (χ0n) is 19.8. The SMILES string of the molecule is CCON=C(C(=O)NC1C(=O)N2C(C(=O)O)=C(CSc3nnnn3CC(=O)O)CS[C@H]12)c1csc(NC=O)n1. The molecule has 2 aliphatic rings. The van der Waals surface area contributed by atoms with Crippen LogP contribution in [0.2, 0.25) is 0 Å². The Labute approximate surface area is 231 Å². The molecule has 4 N–H and O–H groups in total. The molecule has 0 bridgehead atoms. The van der Waals surface area contributed by atoms with Gasteiger partial charge in [-0.1, -0.05) is 16.9 Å². The molecular formula is C19H19N9O8S3. The summed E-state index contributed by atoms with van der Waals surface area (Å²) in [5.41, 5.74) is 0.0921. The van der Waals surface area contributed by atoms with E-state index in [0.717, 1.165) is 32.7 Å². The molecule has 0 saturated carbocycles. The Balaban J connectivity index is 1.48. The molecule has 2 aliphatic heterocycles. The molecule has 0 aliphatic carbocycles. The van der Waals surface area contributed by atoms with E-state index in [1.54, 1.807) is 6.92 Å². The van der Waals surface area contributed by atoms with Gasteiger partial charge in [-0.15, -0.1) is 28.2 Å². The highest BCUT2D eigenvalue weighted by Gasteiger charge is 2.54. The standard InChI is InChI=1S/C19H19N9O8S3/c1-2-36-24-11(9-6-38-18(21-9)20-7-29)14(32)22-12-15(33)28-13(17(34)35)8(4-37-16(12)28)5-39-19-23-25-26-27(19)3-10(30)31/h6-7,12,16H,2-5H2,1H3,(H,22,32)(H,30,31)(H,34,35)(H,20,21,29)/t12?,16-/m1/s1. The van der Waals surface area contributed by atoms with Crippen LogP contribution >= 0.6 is 34.9 Å². The number of hydrogen-bond donors (Lipinski definition) is 4. The zero-order valence-corrected chi connectivity index (χ0v) is 22.3. The third kappa shape index (κ3) is 6.01. The maximum atomic E-state index is 13.0. The van der Waals surface area contributed by atoms with Crippen LogP contribution in [0.25, 0.3) is 0 Å². The number of thioether (sulfide) groups is 2. The molecule has 206 valence electrons. The monoisotopic (exact) mass is 597 g/mol. The van der Waals surface area contributed by atoms with E-state index in [0.29, 0.717) is 12.0 Å². The van der Waals surface area contributed by atoms with Crippen LogP contribution in [-0.4, -0.2) is 106 Å².